The van der Waals surface area contributed by atoms with Gasteiger partial charge in [0.05, 0.1) is 0 Å². The minimum Gasteiger partial charge on any atom is -0.384 e. The summed E-state index contributed by atoms with van der Waals surface area (Å²) >= 11 is 0. The van der Waals surface area contributed by atoms with E-state index in [9.17, 15) is 4.79 Å². The molecule has 0 aliphatic heterocycles. The molecule has 0 fully saturated rings. The molecular weight excluding hydrogens is 272 g/mol. The fourth-order valence-electron chi connectivity index (χ4n) is 2.35. The van der Waals surface area contributed by atoms with E-state index in [1.807, 2.05) is 42.5 Å². The van der Waals surface area contributed by atoms with Crippen LogP contribution in [0.25, 0.3) is 0 Å². The first-order chi connectivity index (χ1) is 10.5. The zero-order valence-corrected chi connectivity index (χ0v) is 13.5. The Kier molecular flexibility index (Phi) is 5.21. The number of nitrogens with one attached hydrogen (secondary N) is 2. The number of carbonyl (C=O) groups is 1. The van der Waals surface area contributed by atoms with E-state index in [1.165, 1.54) is 5.56 Å². The Bertz CT molecular complexity index is 615. The van der Waals surface area contributed by atoms with Crippen molar-refractivity contribution < 1.29 is 4.79 Å². The van der Waals surface area contributed by atoms with E-state index in [1.54, 1.807) is 0 Å². The SMILES string of the molecule is CC(C)(C)c1ccccc1NCCC(=O)Nc1ccccc1. The summed E-state index contributed by atoms with van der Waals surface area (Å²) in [5.74, 6) is 0.0203. The molecule has 0 radical (unpaired) electrons. The van der Waals surface area contributed by atoms with Crippen LogP contribution in [0.3, 0.4) is 0 Å². The lowest BCUT2D eigenvalue weighted by Gasteiger charge is -2.23. The quantitative estimate of drug-likeness (QED) is 0.857. The molecule has 3 nitrogen and oxygen atoms in total. The summed E-state index contributed by atoms with van der Waals surface area (Å²) < 4.78 is 0. The van der Waals surface area contributed by atoms with Crippen molar-refractivity contribution in [1.82, 2.24) is 0 Å². The molecule has 22 heavy (non-hydrogen) atoms. The zero-order valence-electron chi connectivity index (χ0n) is 13.5. The fourth-order valence-corrected chi connectivity index (χ4v) is 2.35. The molecule has 0 bridgehead atoms. The van der Waals surface area contributed by atoms with E-state index in [-0.39, 0.29) is 11.3 Å². The van der Waals surface area contributed by atoms with Crippen LogP contribution >= 0.6 is 0 Å². The number of hydrogen-bond acceptors (Lipinski definition) is 2. The summed E-state index contributed by atoms with van der Waals surface area (Å²) in [6.07, 6.45) is 0.438. The molecule has 0 aromatic heterocycles. The molecular formula is C19H24N2O. The van der Waals surface area contributed by atoms with E-state index in [0.29, 0.717) is 13.0 Å². The van der Waals surface area contributed by atoms with Gasteiger partial charge in [-0.3, -0.25) is 4.79 Å². The predicted molar refractivity (Wildman–Crippen MR) is 93.3 cm³/mol. The summed E-state index contributed by atoms with van der Waals surface area (Å²) in [5, 5.41) is 6.27. The lowest BCUT2D eigenvalue weighted by Crippen LogP contribution is -2.19. The first-order valence-corrected chi connectivity index (χ1v) is 7.65. The standard InChI is InChI=1S/C19H24N2O/c1-19(2,3)16-11-7-8-12-17(16)20-14-13-18(22)21-15-9-5-4-6-10-15/h4-12,20H,13-14H2,1-3H3,(H,21,22). The molecule has 116 valence electrons. The molecule has 0 aliphatic rings. The second-order valence-corrected chi connectivity index (χ2v) is 6.39. The van der Waals surface area contributed by atoms with Crippen molar-refractivity contribution in [3.8, 4) is 0 Å². The largest absolute Gasteiger partial charge is 0.384 e. The molecule has 3 heteroatoms. The Balaban J connectivity index is 1.88. The molecule has 2 rings (SSSR count). The summed E-state index contributed by atoms with van der Waals surface area (Å²) in [4.78, 5) is 11.9. The number of carbonyl (C=O) groups excluding carboxylic acids is 1. The van der Waals surface area contributed by atoms with Gasteiger partial charge in [0.1, 0.15) is 0 Å². The molecule has 2 N–H and O–H groups in total. The van der Waals surface area contributed by atoms with Crippen LogP contribution in [0.4, 0.5) is 11.4 Å². The average Bonchev–Trinajstić information content (AvgIpc) is 2.48. The predicted octanol–water partition coefficient (Wildman–Crippen LogP) is 4.42. The highest BCUT2D eigenvalue weighted by molar-refractivity contribution is 5.90. The molecule has 0 heterocycles. The van der Waals surface area contributed by atoms with Gasteiger partial charge < -0.3 is 10.6 Å². The fraction of sp³-hybridized carbons (Fsp3) is 0.316. The first kappa shape index (κ1) is 16.1. The summed E-state index contributed by atoms with van der Waals surface area (Å²) in [6.45, 7) is 7.19. The number of amides is 1. The van der Waals surface area contributed by atoms with Gasteiger partial charge in [-0.1, -0.05) is 57.2 Å². The number of benzene rings is 2. The van der Waals surface area contributed by atoms with Gasteiger partial charge in [-0.25, -0.2) is 0 Å². The van der Waals surface area contributed by atoms with Crippen LogP contribution < -0.4 is 10.6 Å². The van der Waals surface area contributed by atoms with Crippen molar-refractivity contribution in [1.29, 1.82) is 0 Å². The molecule has 0 unspecified atom stereocenters. The molecule has 0 saturated heterocycles. The van der Waals surface area contributed by atoms with Crippen molar-refractivity contribution in [2.24, 2.45) is 0 Å². The topological polar surface area (TPSA) is 41.1 Å². The van der Waals surface area contributed by atoms with Gasteiger partial charge in [0.2, 0.25) is 5.91 Å². The van der Waals surface area contributed by atoms with Crippen LogP contribution in [0.1, 0.15) is 32.8 Å². The smallest absolute Gasteiger partial charge is 0.226 e. The second kappa shape index (κ2) is 7.12. The normalized spacial score (nSPS) is 11.0. The third-order valence-electron chi connectivity index (χ3n) is 3.46. The van der Waals surface area contributed by atoms with Crippen LogP contribution in [-0.2, 0) is 10.2 Å². The highest BCUT2D eigenvalue weighted by Gasteiger charge is 2.17. The van der Waals surface area contributed by atoms with E-state index in [2.05, 4.69) is 43.5 Å². The van der Waals surface area contributed by atoms with Crippen molar-refractivity contribution in [3.63, 3.8) is 0 Å². The molecule has 0 saturated carbocycles. The van der Waals surface area contributed by atoms with E-state index in [0.717, 1.165) is 11.4 Å². The van der Waals surface area contributed by atoms with Crippen molar-refractivity contribution in [3.05, 3.63) is 60.2 Å². The molecule has 0 aliphatic carbocycles. The van der Waals surface area contributed by atoms with Gasteiger partial charge in [-0.15, -0.1) is 0 Å². The number of rotatable bonds is 5. The van der Waals surface area contributed by atoms with Gasteiger partial charge in [0.25, 0.3) is 0 Å². The third kappa shape index (κ3) is 4.62. The highest BCUT2D eigenvalue weighted by Crippen LogP contribution is 2.29. The second-order valence-electron chi connectivity index (χ2n) is 6.39. The number of anilines is 2. The van der Waals surface area contributed by atoms with Gasteiger partial charge in [0.15, 0.2) is 0 Å². The Hall–Kier alpha value is -2.29. The Morgan fingerprint density at radius 1 is 0.955 bits per heavy atom. The molecule has 2 aromatic rings. The molecule has 0 atom stereocenters. The Labute approximate surface area is 132 Å². The van der Waals surface area contributed by atoms with Crippen LogP contribution in [0.5, 0.6) is 0 Å². The van der Waals surface area contributed by atoms with E-state index < -0.39 is 0 Å². The van der Waals surface area contributed by atoms with Crippen LogP contribution in [-0.4, -0.2) is 12.5 Å². The van der Waals surface area contributed by atoms with Crippen LogP contribution in [0, 0.1) is 0 Å². The van der Waals surface area contributed by atoms with Crippen molar-refractivity contribution in [2.75, 3.05) is 17.2 Å². The van der Waals surface area contributed by atoms with E-state index in [4.69, 9.17) is 0 Å². The maximum atomic E-state index is 11.9. The maximum absolute atomic E-state index is 11.9. The monoisotopic (exact) mass is 296 g/mol. The lowest BCUT2D eigenvalue weighted by atomic mass is 9.86. The number of para-hydroxylation sites is 2. The van der Waals surface area contributed by atoms with Gasteiger partial charge >= 0.3 is 0 Å². The van der Waals surface area contributed by atoms with Gasteiger partial charge in [-0.2, -0.15) is 0 Å². The summed E-state index contributed by atoms with van der Waals surface area (Å²) in [5.41, 5.74) is 3.28. The third-order valence-corrected chi connectivity index (χ3v) is 3.46. The molecule has 1 amide bonds. The summed E-state index contributed by atoms with van der Waals surface area (Å²) in [6, 6.07) is 17.8. The maximum Gasteiger partial charge on any atom is 0.226 e. The lowest BCUT2D eigenvalue weighted by molar-refractivity contribution is -0.115. The van der Waals surface area contributed by atoms with Crippen molar-refractivity contribution in [2.45, 2.75) is 32.6 Å². The van der Waals surface area contributed by atoms with Gasteiger partial charge in [0, 0.05) is 24.3 Å². The zero-order chi connectivity index (χ0) is 16.0. The van der Waals surface area contributed by atoms with Gasteiger partial charge in [-0.05, 0) is 29.2 Å². The Morgan fingerprint density at radius 2 is 1.59 bits per heavy atom. The molecule has 2 aromatic carbocycles. The summed E-state index contributed by atoms with van der Waals surface area (Å²) in [7, 11) is 0. The highest BCUT2D eigenvalue weighted by atomic mass is 16.1. The van der Waals surface area contributed by atoms with Crippen LogP contribution in [0.15, 0.2) is 54.6 Å². The first-order valence-electron chi connectivity index (χ1n) is 7.65. The number of hydrogen-bond donors (Lipinski definition) is 2. The Morgan fingerprint density at radius 3 is 2.27 bits per heavy atom. The average molecular weight is 296 g/mol. The molecule has 0 spiro atoms. The van der Waals surface area contributed by atoms with Crippen molar-refractivity contribution >= 4 is 17.3 Å². The minimum absolute atomic E-state index is 0.0203. The minimum atomic E-state index is 0.0203. The van der Waals surface area contributed by atoms with Crippen LogP contribution in [0.2, 0.25) is 0 Å². The van der Waals surface area contributed by atoms with E-state index >= 15 is 0 Å².